The molecule has 0 aromatic heterocycles. The van der Waals surface area contributed by atoms with Gasteiger partial charge in [0.25, 0.3) is 0 Å². The van der Waals surface area contributed by atoms with Gasteiger partial charge in [-0.3, -0.25) is 4.21 Å². The Morgan fingerprint density at radius 1 is 1.30 bits per heavy atom. The minimum Gasteiger partial charge on any atom is -0.478 e. The van der Waals surface area contributed by atoms with E-state index in [0.717, 1.165) is 0 Å². The molecule has 1 saturated heterocycles. The predicted molar refractivity (Wildman–Crippen MR) is 79.6 cm³/mol. The molecule has 2 rings (SSSR count). The number of carboxylic acid groups (broad SMARTS) is 1. The molecule has 0 spiro atoms. The van der Waals surface area contributed by atoms with Crippen molar-refractivity contribution in [1.29, 1.82) is 0 Å². The van der Waals surface area contributed by atoms with Crippen molar-refractivity contribution in [3.63, 3.8) is 0 Å². The zero-order valence-electron chi connectivity index (χ0n) is 10.5. The van der Waals surface area contributed by atoms with E-state index < -0.39 is 16.8 Å². The first kappa shape index (κ1) is 15.0. The lowest BCUT2D eigenvalue weighted by atomic mass is 10.2. The van der Waals surface area contributed by atoms with Crippen molar-refractivity contribution in [2.45, 2.75) is 0 Å². The second-order valence-electron chi connectivity index (χ2n) is 4.26. The molecular formula is C12H13BrN2O4S. The minimum absolute atomic E-state index is 0.0216. The number of aromatic carboxylic acids is 1. The zero-order valence-corrected chi connectivity index (χ0v) is 12.9. The molecular weight excluding hydrogens is 348 g/mol. The van der Waals surface area contributed by atoms with E-state index in [0.29, 0.717) is 29.1 Å². The van der Waals surface area contributed by atoms with Gasteiger partial charge in [0.1, 0.15) is 0 Å². The van der Waals surface area contributed by atoms with Gasteiger partial charge in [-0.05, 0) is 18.2 Å². The van der Waals surface area contributed by atoms with Gasteiger partial charge in [-0.15, -0.1) is 0 Å². The fourth-order valence-electron chi connectivity index (χ4n) is 1.84. The number of nitrogens with zero attached hydrogens (tertiary/aromatic N) is 1. The quantitative estimate of drug-likeness (QED) is 0.840. The monoisotopic (exact) mass is 360 g/mol. The van der Waals surface area contributed by atoms with E-state index in [1.165, 1.54) is 17.0 Å². The second kappa shape index (κ2) is 6.36. The summed E-state index contributed by atoms with van der Waals surface area (Å²) in [5.74, 6) is -0.194. The summed E-state index contributed by atoms with van der Waals surface area (Å²) in [4.78, 5) is 24.7. The highest BCUT2D eigenvalue weighted by atomic mass is 79.9. The molecule has 108 valence electrons. The Labute approximate surface area is 126 Å². The molecule has 0 radical (unpaired) electrons. The Balaban J connectivity index is 2.11. The molecule has 20 heavy (non-hydrogen) atoms. The number of rotatable bonds is 2. The summed E-state index contributed by atoms with van der Waals surface area (Å²) in [5.41, 5.74) is 0.269. The first-order valence-corrected chi connectivity index (χ1v) is 8.19. The average Bonchev–Trinajstić information content (AvgIpc) is 2.41. The Morgan fingerprint density at radius 2 is 1.95 bits per heavy atom. The van der Waals surface area contributed by atoms with Crippen molar-refractivity contribution in [2.24, 2.45) is 0 Å². The van der Waals surface area contributed by atoms with Crippen molar-refractivity contribution < 1.29 is 18.9 Å². The van der Waals surface area contributed by atoms with Gasteiger partial charge < -0.3 is 15.3 Å². The molecule has 1 aliphatic rings. The SMILES string of the molecule is O=C(O)c1cc(Br)ccc1NC(=O)N1CCS(=O)CC1. The number of benzene rings is 1. The van der Waals surface area contributed by atoms with Crippen LogP contribution in [0.2, 0.25) is 0 Å². The van der Waals surface area contributed by atoms with E-state index in [1.54, 1.807) is 6.07 Å². The lowest BCUT2D eigenvalue weighted by Gasteiger charge is -2.26. The molecule has 0 bridgehead atoms. The van der Waals surface area contributed by atoms with Crippen LogP contribution in [-0.4, -0.2) is 50.8 Å². The van der Waals surface area contributed by atoms with E-state index in [-0.39, 0.29) is 17.3 Å². The van der Waals surface area contributed by atoms with Crippen molar-refractivity contribution >= 4 is 44.4 Å². The summed E-state index contributed by atoms with van der Waals surface area (Å²) < 4.78 is 11.9. The van der Waals surface area contributed by atoms with E-state index in [4.69, 9.17) is 5.11 Å². The van der Waals surface area contributed by atoms with Crippen LogP contribution in [0.15, 0.2) is 22.7 Å². The molecule has 2 amide bonds. The number of carbonyl (C=O) groups excluding carboxylic acids is 1. The van der Waals surface area contributed by atoms with Crippen LogP contribution in [0.4, 0.5) is 10.5 Å². The minimum atomic E-state index is -1.11. The number of amides is 2. The number of anilines is 1. The molecule has 8 heteroatoms. The number of carboxylic acids is 1. The molecule has 1 heterocycles. The molecule has 0 aliphatic carbocycles. The molecule has 0 unspecified atom stereocenters. The summed E-state index contributed by atoms with van der Waals surface area (Å²) in [5, 5.41) is 11.7. The second-order valence-corrected chi connectivity index (χ2v) is 6.87. The van der Waals surface area contributed by atoms with Crippen LogP contribution in [0.25, 0.3) is 0 Å². The smallest absolute Gasteiger partial charge is 0.337 e. The molecule has 6 nitrogen and oxygen atoms in total. The number of urea groups is 1. The third-order valence-corrected chi connectivity index (χ3v) is 4.69. The highest BCUT2D eigenvalue weighted by Crippen LogP contribution is 2.21. The van der Waals surface area contributed by atoms with E-state index >= 15 is 0 Å². The van der Waals surface area contributed by atoms with Gasteiger partial charge in [0.2, 0.25) is 0 Å². The fraction of sp³-hybridized carbons (Fsp3) is 0.333. The average molecular weight is 361 g/mol. The first-order valence-electron chi connectivity index (χ1n) is 5.91. The molecule has 1 aromatic rings. The normalized spacial score (nSPS) is 15.9. The van der Waals surface area contributed by atoms with Crippen LogP contribution in [0.1, 0.15) is 10.4 Å². The van der Waals surface area contributed by atoms with Gasteiger partial charge in [0.15, 0.2) is 0 Å². The third-order valence-electron chi connectivity index (χ3n) is 2.92. The summed E-state index contributed by atoms with van der Waals surface area (Å²) in [6, 6.07) is 4.26. The molecule has 0 atom stereocenters. The van der Waals surface area contributed by atoms with Crippen molar-refractivity contribution in [3.05, 3.63) is 28.2 Å². The summed E-state index contributed by atoms with van der Waals surface area (Å²) in [7, 11) is -0.861. The number of halogens is 1. The lowest BCUT2D eigenvalue weighted by Crippen LogP contribution is -2.44. The maximum absolute atomic E-state index is 12.0. The topological polar surface area (TPSA) is 86.7 Å². The highest BCUT2D eigenvalue weighted by molar-refractivity contribution is 9.10. The summed E-state index contributed by atoms with van der Waals surface area (Å²) in [6.45, 7) is 0.828. The van der Waals surface area contributed by atoms with Gasteiger partial charge in [-0.1, -0.05) is 15.9 Å². The molecule has 0 saturated carbocycles. The lowest BCUT2D eigenvalue weighted by molar-refractivity contribution is 0.0698. The van der Waals surface area contributed by atoms with Crippen LogP contribution in [0.3, 0.4) is 0 Å². The van der Waals surface area contributed by atoms with E-state index in [9.17, 15) is 13.8 Å². The van der Waals surface area contributed by atoms with Crippen molar-refractivity contribution in [3.8, 4) is 0 Å². The summed E-state index contributed by atoms with van der Waals surface area (Å²) in [6.07, 6.45) is 0. The number of nitrogens with one attached hydrogen (secondary N) is 1. The van der Waals surface area contributed by atoms with Crippen molar-refractivity contribution in [2.75, 3.05) is 29.9 Å². The van der Waals surface area contributed by atoms with Crippen LogP contribution in [0.5, 0.6) is 0 Å². The van der Waals surface area contributed by atoms with Gasteiger partial charge in [-0.2, -0.15) is 0 Å². The molecule has 1 aliphatic heterocycles. The molecule has 2 N–H and O–H groups in total. The van der Waals surface area contributed by atoms with Crippen LogP contribution < -0.4 is 5.32 Å². The third kappa shape index (κ3) is 3.57. The van der Waals surface area contributed by atoms with Gasteiger partial charge in [0.05, 0.1) is 11.3 Å². The summed E-state index contributed by atoms with van der Waals surface area (Å²) >= 11 is 3.19. The predicted octanol–water partition coefficient (Wildman–Crippen LogP) is 1.74. The first-order chi connectivity index (χ1) is 9.47. The van der Waals surface area contributed by atoms with Crippen LogP contribution in [0, 0.1) is 0 Å². The Morgan fingerprint density at radius 3 is 2.55 bits per heavy atom. The van der Waals surface area contributed by atoms with Crippen LogP contribution >= 0.6 is 15.9 Å². The maximum Gasteiger partial charge on any atom is 0.337 e. The van der Waals surface area contributed by atoms with Gasteiger partial charge in [-0.25, -0.2) is 9.59 Å². The highest BCUT2D eigenvalue weighted by Gasteiger charge is 2.21. The largest absolute Gasteiger partial charge is 0.478 e. The van der Waals surface area contributed by atoms with E-state index in [1.807, 2.05) is 0 Å². The number of hydrogen-bond acceptors (Lipinski definition) is 3. The number of carbonyl (C=O) groups is 2. The number of hydrogen-bond donors (Lipinski definition) is 2. The Hall–Kier alpha value is -1.41. The van der Waals surface area contributed by atoms with Gasteiger partial charge >= 0.3 is 12.0 Å². The Bertz CT molecular complexity index is 569. The zero-order chi connectivity index (χ0) is 14.7. The van der Waals surface area contributed by atoms with Crippen LogP contribution in [-0.2, 0) is 10.8 Å². The van der Waals surface area contributed by atoms with E-state index in [2.05, 4.69) is 21.2 Å². The standard InChI is InChI=1S/C12H13BrN2O4S/c13-8-1-2-10(9(7-8)11(16)17)14-12(18)15-3-5-20(19)6-4-15/h1-2,7H,3-6H2,(H,14,18)(H,16,17). The Kier molecular flexibility index (Phi) is 4.77. The molecule has 1 aromatic carbocycles. The fourth-order valence-corrected chi connectivity index (χ4v) is 3.25. The molecule has 1 fully saturated rings. The van der Waals surface area contributed by atoms with Gasteiger partial charge in [0, 0.05) is 39.9 Å². The van der Waals surface area contributed by atoms with Crippen molar-refractivity contribution in [1.82, 2.24) is 4.90 Å². The maximum atomic E-state index is 12.0.